The molecular weight excluding hydrogens is 150 g/mol. The second kappa shape index (κ2) is 3.00. The Balaban J connectivity index is 1.83. The fraction of sp³-hybridized carbons (Fsp3) is 1.00. The van der Waals surface area contributed by atoms with Gasteiger partial charge in [0.05, 0.1) is 0 Å². The molecule has 2 rings (SSSR count). The van der Waals surface area contributed by atoms with Gasteiger partial charge in [-0.1, -0.05) is 0 Å². The van der Waals surface area contributed by atoms with E-state index >= 15 is 0 Å². The van der Waals surface area contributed by atoms with Crippen LogP contribution in [0.4, 0.5) is 0 Å². The normalized spacial score (nSPS) is 47.5. The third-order valence-electron chi connectivity index (χ3n) is 3.79. The van der Waals surface area contributed by atoms with E-state index in [1.54, 1.807) is 0 Å². The molecule has 0 radical (unpaired) electrons. The third kappa shape index (κ3) is 1.38. The Labute approximate surface area is 74.1 Å². The Kier molecular flexibility index (Phi) is 2.13. The third-order valence-corrected chi connectivity index (χ3v) is 3.79. The van der Waals surface area contributed by atoms with Crippen LogP contribution in [0.15, 0.2) is 0 Å². The fourth-order valence-corrected chi connectivity index (χ4v) is 2.95. The largest absolute Gasteiger partial charge is 0.396 e. The van der Waals surface area contributed by atoms with Crippen molar-refractivity contribution in [2.24, 2.45) is 17.1 Å². The Morgan fingerprint density at radius 3 is 2.33 bits per heavy atom. The lowest BCUT2D eigenvalue weighted by atomic mass is 9.55. The predicted octanol–water partition coefficient (Wildman–Crippen LogP) is 1.28. The monoisotopic (exact) mass is 169 g/mol. The molecule has 1 spiro atoms. The van der Waals surface area contributed by atoms with Gasteiger partial charge in [-0.3, -0.25) is 0 Å². The maximum absolute atomic E-state index is 8.93. The lowest BCUT2D eigenvalue weighted by Crippen LogP contribution is -2.44. The summed E-state index contributed by atoms with van der Waals surface area (Å²) in [7, 11) is 0. The molecule has 0 aromatic heterocycles. The van der Waals surface area contributed by atoms with Gasteiger partial charge in [-0.25, -0.2) is 0 Å². The zero-order valence-electron chi connectivity index (χ0n) is 7.63. The van der Waals surface area contributed by atoms with Gasteiger partial charge in [0, 0.05) is 12.6 Å². The summed E-state index contributed by atoms with van der Waals surface area (Å²) in [5.41, 5.74) is 6.47. The number of rotatable bonds is 1. The van der Waals surface area contributed by atoms with Gasteiger partial charge >= 0.3 is 0 Å². The summed E-state index contributed by atoms with van der Waals surface area (Å²) in [6.45, 7) is 0.397. The van der Waals surface area contributed by atoms with Crippen LogP contribution in [0, 0.1) is 11.3 Å². The van der Waals surface area contributed by atoms with Crippen LogP contribution in [-0.4, -0.2) is 17.8 Å². The van der Waals surface area contributed by atoms with E-state index < -0.39 is 0 Å². The Hall–Kier alpha value is -0.0800. The van der Waals surface area contributed by atoms with Gasteiger partial charge in [-0.2, -0.15) is 0 Å². The molecular formula is C10H19NO. The van der Waals surface area contributed by atoms with Gasteiger partial charge in [0.25, 0.3) is 0 Å². The zero-order chi connectivity index (χ0) is 8.60. The first kappa shape index (κ1) is 8.52. The summed E-state index contributed by atoms with van der Waals surface area (Å²) in [5, 5.41) is 8.93. The number of aliphatic hydroxyl groups excluding tert-OH is 1. The van der Waals surface area contributed by atoms with Crippen molar-refractivity contribution in [3.63, 3.8) is 0 Å². The molecule has 0 bridgehead atoms. The zero-order valence-corrected chi connectivity index (χ0v) is 7.63. The Morgan fingerprint density at radius 1 is 1.25 bits per heavy atom. The van der Waals surface area contributed by atoms with E-state index in [4.69, 9.17) is 10.8 Å². The average molecular weight is 169 g/mol. The van der Waals surface area contributed by atoms with Gasteiger partial charge in [-0.15, -0.1) is 0 Å². The summed E-state index contributed by atoms with van der Waals surface area (Å²) in [6, 6.07) is 0.462. The van der Waals surface area contributed by atoms with Crippen LogP contribution in [0.1, 0.15) is 38.5 Å². The number of nitrogens with two attached hydrogens (primary N) is 1. The molecule has 12 heavy (non-hydrogen) atoms. The van der Waals surface area contributed by atoms with Crippen LogP contribution in [0.5, 0.6) is 0 Å². The standard InChI is InChI=1S/C10H19NO/c11-9-1-3-10(4-2-9)5-8(6-10)7-12/h8-9,12H,1-7,11H2. The molecule has 70 valence electrons. The molecule has 0 unspecified atom stereocenters. The minimum absolute atomic E-state index is 0.397. The quantitative estimate of drug-likeness (QED) is 0.621. The summed E-state index contributed by atoms with van der Waals surface area (Å²) in [6.07, 6.45) is 7.55. The number of hydrogen-bond donors (Lipinski definition) is 2. The molecule has 2 fully saturated rings. The van der Waals surface area contributed by atoms with Crippen molar-refractivity contribution in [2.75, 3.05) is 6.61 Å². The van der Waals surface area contributed by atoms with E-state index in [1.807, 2.05) is 0 Å². The van der Waals surface area contributed by atoms with Gasteiger partial charge in [0.2, 0.25) is 0 Å². The van der Waals surface area contributed by atoms with Gasteiger partial charge in [-0.05, 0) is 49.9 Å². The highest BCUT2D eigenvalue weighted by atomic mass is 16.3. The first-order valence-corrected chi connectivity index (χ1v) is 5.11. The topological polar surface area (TPSA) is 46.2 Å². The van der Waals surface area contributed by atoms with Crippen molar-refractivity contribution < 1.29 is 5.11 Å². The second-order valence-electron chi connectivity index (χ2n) is 4.79. The maximum Gasteiger partial charge on any atom is 0.0459 e. The highest BCUT2D eigenvalue weighted by Crippen LogP contribution is 2.54. The molecule has 2 nitrogen and oxygen atoms in total. The van der Waals surface area contributed by atoms with Crippen molar-refractivity contribution in [3.05, 3.63) is 0 Å². The van der Waals surface area contributed by atoms with E-state index in [-0.39, 0.29) is 0 Å². The molecule has 3 N–H and O–H groups in total. The van der Waals surface area contributed by atoms with Crippen molar-refractivity contribution in [1.82, 2.24) is 0 Å². The van der Waals surface area contributed by atoms with E-state index in [0.29, 0.717) is 24.0 Å². The first-order chi connectivity index (χ1) is 5.74. The SMILES string of the molecule is NC1CCC2(CC1)CC(CO)C2. The van der Waals surface area contributed by atoms with E-state index in [1.165, 1.54) is 38.5 Å². The minimum atomic E-state index is 0.397. The summed E-state index contributed by atoms with van der Waals surface area (Å²) in [5.74, 6) is 0.610. The molecule has 0 aromatic rings. The molecule has 0 aromatic carbocycles. The fourth-order valence-electron chi connectivity index (χ4n) is 2.95. The average Bonchev–Trinajstić information content (AvgIpc) is 2.02. The Morgan fingerprint density at radius 2 is 1.83 bits per heavy atom. The first-order valence-electron chi connectivity index (χ1n) is 5.11. The number of aliphatic hydroxyl groups is 1. The minimum Gasteiger partial charge on any atom is -0.396 e. The molecule has 0 heterocycles. The van der Waals surface area contributed by atoms with Crippen molar-refractivity contribution >= 4 is 0 Å². The van der Waals surface area contributed by atoms with Crippen molar-refractivity contribution in [3.8, 4) is 0 Å². The Bertz CT molecular complexity index is 146. The van der Waals surface area contributed by atoms with Gasteiger partial charge < -0.3 is 10.8 Å². The summed E-state index contributed by atoms with van der Waals surface area (Å²) in [4.78, 5) is 0. The highest BCUT2D eigenvalue weighted by Gasteiger charge is 2.44. The van der Waals surface area contributed by atoms with Gasteiger partial charge in [0.1, 0.15) is 0 Å². The molecule has 0 aliphatic heterocycles. The van der Waals surface area contributed by atoms with Crippen LogP contribution in [0.2, 0.25) is 0 Å². The van der Waals surface area contributed by atoms with Crippen LogP contribution >= 0.6 is 0 Å². The highest BCUT2D eigenvalue weighted by molar-refractivity contribution is 4.96. The lowest BCUT2D eigenvalue weighted by Gasteiger charge is -2.51. The molecule has 2 aliphatic rings. The van der Waals surface area contributed by atoms with E-state index in [9.17, 15) is 0 Å². The molecule has 2 heteroatoms. The van der Waals surface area contributed by atoms with Crippen LogP contribution in [0.3, 0.4) is 0 Å². The number of hydrogen-bond acceptors (Lipinski definition) is 2. The molecule has 2 saturated carbocycles. The van der Waals surface area contributed by atoms with Crippen molar-refractivity contribution in [1.29, 1.82) is 0 Å². The van der Waals surface area contributed by atoms with Crippen LogP contribution in [0.25, 0.3) is 0 Å². The van der Waals surface area contributed by atoms with E-state index in [0.717, 1.165) is 0 Å². The molecule has 2 aliphatic carbocycles. The predicted molar refractivity (Wildman–Crippen MR) is 48.7 cm³/mol. The van der Waals surface area contributed by atoms with Gasteiger partial charge in [0.15, 0.2) is 0 Å². The van der Waals surface area contributed by atoms with E-state index in [2.05, 4.69) is 0 Å². The smallest absolute Gasteiger partial charge is 0.0459 e. The maximum atomic E-state index is 8.93. The van der Waals surface area contributed by atoms with Crippen LogP contribution < -0.4 is 5.73 Å². The van der Waals surface area contributed by atoms with Crippen molar-refractivity contribution in [2.45, 2.75) is 44.6 Å². The lowest BCUT2D eigenvalue weighted by molar-refractivity contribution is -0.0164. The summed E-state index contributed by atoms with van der Waals surface area (Å²) >= 11 is 0. The van der Waals surface area contributed by atoms with Crippen LogP contribution in [-0.2, 0) is 0 Å². The molecule has 0 saturated heterocycles. The second-order valence-corrected chi connectivity index (χ2v) is 4.79. The molecule has 0 atom stereocenters. The molecule has 0 amide bonds. The summed E-state index contributed by atoms with van der Waals surface area (Å²) < 4.78 is 0.